The molecule has 0 atom stereocenters. The average Bonchev–Trinajstić information content (AvgIpc) is 2.27. The summed E-state index contributed by atoms with van der Waals surface area (Å²) < 4.78 is 10.1. The monoisotopic (exact) mass is 254 g/mol. The van der Waals surface area contributed by atoms with Crippen LogP contribution < -0.4 is 16.1 Å². The molecule has 3 N–H and O–H groups in total. The average molecular weight is 255 g/mol. The first-order valence-electron chi connectivity index (χ1n) is 4.58. The van der Waals surface area contributed by atoms with Crippen LogP contribution in [-0.4, -0.2) is 12.9 Å². The molecular weight excluding hydrogens is 244 g/mol. The highest BCUT2D eigenvalue weighted by atomic mass is 35.5. The van der Waals surface area contributed by atoms with Gasteiger partial charge in [-0.1, -0.05) is 12.1 Å². The number of benzene rings is 1. The molecule has 5 nitrogen and oxygen atoms in total. The Balaban J connectivity index is 0.00000144. The summed E-state index contributed by atoms with van der Waals surface area (Å²) in [5.74, 6) is 0.170. The van der Waals surface area contributed by atoms with Gasteiger partial charge in [-0.05, 0) is 12.1 Å². The van der Waals surface area contributed by atoms with Gasteiger partial charge in [-0.15, -0.1) is 12.4 Å². The van der Waals surface area contributed by atoms with E-state index in [0.717, 1.165) is 0 Å². The lowest BCUT2D eigenvalue weighted by molar-refractivity contribution is 0.406. The topological polar surface area (TPSA) is 89.3 Å². The zero-order valence-corrected chi connectivity index (χ0v) is 9.84. The Hall–Kier alpha value is -2.01. The minimum Gasteiger partial charge on any atom is -0.493 e. The molecular formula is C11H11ClN2O3. The number of rotatable bonds is 2. The molecule has 90 valence electrons. The number of amidine groups is 1. The number of nitrogen functional groups attached to an aromatic ring is 1. The number of methoxy groups -OCH3 is 1. The summed E-state index contributed by atoms with van der Waals surface area (Å²) in [5, 5.41) is 7.91. The van der Waals surface area contributed by atoms with Gasteiger partial charge in [0.2, 0.25) is 0 Å². The standard InChI is InChI=1S/C11H10N2O3.ClH/c1-15-8-4-2-3-6-5-7(10(12)13)11(14)16-9(6)8;/h2-5H,1H3,(H3,12,13);1H. The van der Waals surface area contributed by atoms with Gasteiger partial charge in [0.05, 0.1) is 7.11 Å². The van der Waals surface area contributed by atoms with Gasteiger partial charge in [-0.2, -0.15) is 0 Å². The molecule has 0 saturated heterocycles. The van der Waals surface area contributed by atoms with E-state index in [1.807, 2.05) is 0 Å². The van der Waals surface area contributed by atoms with Crippen LogP contribution in [0.25, 0.3) is 11.0 Å². The number of nitrogens with one attached hydrogen (secondary N) is 1. The molecule has 0 saturated carbocycles. The number of para-hydroxylation sites is 1. The van der Waals surface area contributed by atoms with Crippen molar-refractivity contribution in [3.63, 3.8) is 0 Å². The van der Waals surface area contributed by atoms with Crippen molar-refractivity contribution in [2.45, 2.75) is 0 Å². The second-order valence-electron chi connectivity index (χ2n) is 3.24. The van der Waals surface area contributed by atoms with Crippen molar-refractivity contribution in [2.75, 3.05) is 7.11 Å². The summed E-state index contributed by atoms with van der Waals surface area (Å²) in [6, 6.07) is 6.74. The lowest BCUT2D eigenvalue weighted by Crippen LogP contribution is -2.20. The highest BCUT2D eigenvalue weighted by Crippen LogP contribution is 2.24. The van der Waals surface area contributed by atoms with Crippen molar-refractivity contribution in [3.8, 4) is 5.75 Å². The molecule has 1 aromatic carbocycles. The van der Waals surface area contributed by atoms with Crippen molar-refractivity contribution in [2.24, 2.45) is 5.73 Å². The van der Waals surface area contributed by atoms with Crippen LogP contribution in [0.3, 0.4) is 0 Å². The largest absolute Gasteiger partial charge is 0.493 e. The van der Waals surface area contributed by atoms with E-state index in [1.165, 1.54) is 13.2 Å². The predicted molar refractivity (Wildman–Crippen MR) is 67.3 cm³/mol. The first-order chi connectivity index (χ1) is 7.63. The lowest BCUT2D eigenvalue weighted by atomic mass is 10.1. The van der Waals surface area contributed by atoms with Gasteiger partial charge in [0.1, 0.15) is 11.4 Å². The van der Waals surface area contributed by atoms with E-state index >= 15 is 0 Å². The summed E-state index contributed by atoms with van der Waals surface area (Å²) in [7, 11) is 1.49. The maximum atomic E-state index is 11.5. The zero-order valence-electron chi connectivity index (χ0n) is 9.02. The van der Waals surface area contributed by atoms with Gasteiger partial charge >= 0.3 is 5.63 Å². The van der Waals surface area contributed by atoms with Crippen LogP contribution in [0.4, 0.5) is 0 Å². The molecule has 17 heavy (non-hydrogen) atoms. The molecule has 1 aromatic heterocycles. The molecule has 0 bridgehead atoms. The van der Waals surface area contributed by atoms with Gasteiger partial charge < -0.3 is 14.9 Å². The normalized spacial score (nSPS) is 9.71. The van der Waals surface area contributed by atoms with Crippen LogP contribution in [0, 0.1) is 5.41 Å². The predicted octanol–water partition coefficient (Wildman–Crippen LogP) is 1.51. The van der Waals surface area contributed by atoms with Crippen molar-refractivity contribution < 1.29 is 9.15 Å². The van der Waals surface area contributed by atoms with Gasteiger partial charge in [-0.3, -0.25) is 5.41 Å². The number of halogens is 1. The van der Waals surface area contributed by atoms with Crippen LogP contribution in [-0.2, 0) is 0 Å². The molecule has 0 unspecified atom stereocenters. The molecule has 0 aliphatic carbocycles. The third kappa shape index (κ3) is 2.24. The molecule has 0 spiro atoms. The third-order valence-electron chi connectivity index (χ3n) is 2.23. The van der Waals surface area contributed by atoms with Crippen LogP contribution in [0.1, 0.15) is 5.56 Å². The van der Waals surface area contributed by atoms with E-state index in [1.54, 1.807) is 18.2 Å². The van der Waals surface area contributed by atoms with E-state index in [-0.39, 0.29) is 23.8 Å². The lowest BCUT2D eigenvalue weighted by Gasteiger charge is -2.04. The molecule has 0 amide bonds. The van der Waals surface area contributed by atoms with E-state index < -0.39 is 5.63 Å². The van der Waals surface area contributed by atoms with Crippen LogP contribution in [0.2, 0.25) is 0 Å². The molecule has 0 aliphatic heterocycles. The first-order valence-corrected chi connectivity index (χ1v) is 4.58. The van der Waals surface area contributed by atoms with Gasteiger partial charge in [0.15, 0.2) is 11.3 Å². The maximum Gasteiger partial charge on any atom is 0.347 e. The molecule has 1 heterocycles. The summed E-state index contributed by atoms with van der Waals surface area (Å²) >= 11 is 0. The maximum absolute atomic E-state index is 11.5. The third-order valence-corrected chi connectivity index (χ3v) is 2.23. The molecule has 0 radical (unpaired) electrons. The minimum atomic E-state index is -0.635. The molecule has 2 rings (SSSR count). The number of nitrogens with two attached hydrogens (primary N) is 1. The highest BCUT2D eigenvalue weighted by Gasteiger charge is 2.10. The Morgan fingerprint density at radius 1 is 1.47 bits per heavy atom. The number of ether oxygens (including phenoxy) is 1. The fourth-order valence-corrected chi connectivity index (χ4v) is 1.47. The fraction of sp³-hybridized carbons (Fsp3) is 0.0909. The second kappa shape index (κ2) is 4.88. The molecule has 6 heteroatoms. The Kier molecular flexibility index (Phi) is 3.75. The number of hydrogen-bond donors (Lipinski definition) is 2. The molecule has 0 aliphatic rings. The van der Waals surface area contributed by atoms with Crippen molar-refractivity contribution in [1.82, 2.24) is 0 Å². The Morgan fingerprint density at radius 2 is 2.18 bits per heavy atom. The summed E-state index contributed by atoms with van der Waals surface area (Å²) in [4.78, 5) is 11.5. The molecule has 2 aromatic rings. The van der Waals surface area contributed by atoms with Gasteiger partial charge in [0.25, 0.3) is 0 Å². The summed E-state index contributed by atoms with van der Waals surface area (Å²) in [6.45, 7) is 0. The summed E-state index contributed by atoms with van der Waals surface area (Å²) in [6.07, 6.45) is 0. The van der Waals surface area contributed by atoms with Gasteiger partial charge in [0, 0.05) is 5.39 Å². The number of hydrogen-bond acceptors (Lipinski definition) is 4. The minimum absolute atomic E-state index is 0. The van der Waals surface area contributed by atoms with Crippen LogP contribution in [0.15, 0.2) is 33.5 Å². The van der Waals surface area contributed by atoms with E-state index in [2.05, 4.69) is 0 Å². The van der Waals surface area contributed by atoms with Gasteiger partial charge in [-0.25, -0.2) is 4.79 Å². The fourth-order valence-electron chi connectivity index (χ4n) is 1.47. The van der Waals surface area contributed by atoms with Crippen LogP contribution >= 0.6 is 12.4 Å². The zero-order chi connectivity index (χ0) is 11.7. The Labute approximate surface area is 103 Å². The Morgan fingerprint density at radius 3 is 2.76 bits per heavy atom. The molecule has 0 fully saturated rings. The van der Waals surface area contributed by atoms with Crippen molar-refractivity contribution >= 4 is 29.2 Å². The van der Waals surface area contributed by atoms with Crippen molar-refractivity contribution in [3.05, 3.63) is 40.2 Å². The SMILES string of the molecule is COc1cccc2cc(C(=N)N)c(=O)oc12.Cl. The number of fused-ring (bicyclic) bond motifs is 1. The van der Waals surface area contributed by atoms with E-state index in [9.17, 15) is 4.79 Å². The van der Waals surface area contributed by atoms with E-state index in [4.69, 9.17) is 20.3 Å². The second-order valence-corrected chi connectivity index (χ2v) is 3.24. The van der Waals surface area contributed by atoms with E-state index in [0.29, 0.717) is 16.7 Å². The van der Waals surface area contributed by atoms with Crippen molar-refractivity contribution in [1.29, 1.82) is 5.41 Å². The highest BCUT2D eigenvalue weighted by molar-refractivity contribution is 5.97. The smallest absolute Gasteiger partial charge is 0.347 e. The first kappa shape index (κ1) is 13.1. The quantitative estimate of drug-likeness (QED) is 0.483. The summed E-state index contributed by atoms with van der Waals surface area (Å²) in [5.41, 5.74) is 5.05. The Bertz CT molecular complexity index is 622. The van der Waals surface area contributed by atoms with Crippen LogP contribution in [0.5, 0.6) is 5.75 Å².